The molecule has 3 N–H and O–H groups in total. The summed E-state index contributed by atoms with van der Waals surface area (Å²) in [4.78, 5) is 30.8. The second kappa shape index (κ2) is 13.4. The third-order valence-electron chi connectivity index (χ3n) is 8.46. The van der Waals surface area contributed by atoms with Gasteiger partial charge in [-0.2, -0.15) is 0 Å². The number of aliphatic hydroxyl groups is 1. The van der Waals surface area contributed by atoms with Crippen LogP contribution >= 0.6 is 0 Å². The van der Waals surface area contributed by atoms with E-state index in [1.54, 1.807) is 19.9 Å². The van der Waals surface area contributed by atoms with Crippen LogP contribution < -0.4 is 15.5 Å². The Morgan fingerprint density at radius 1 is 0.955 bits per heavy atom. The molecule has 0 aliphatic carbocycles. The predicted octanol–water partition coefficient (Wildman–Crippen LogP) is 4.99. The topological polar surface area (TPSA) is 111 Å². The lowest BCUT2D eigenvalue weighted by Crippen LogP contribution is -2.45. The number of amides is 2. The molecule has 2 amide bonds. The third-order valence-corrected chi connectivity index (χ3v) is 8.46. The molecule has 230 valence electrons. The molecule has 9 heteroatoms. The van der Waals surface area contributed by atoms with Gasteiger partial charge in [0.25, 0.3) is 11.8 Å². The lowest BCUT2D eigenvalue weighted by atomic mass is 9.72. The highest BCUT2D eigenvalue weighted by atomic mass is 16.5. The van der Waals surface area contributed by atoms with E-state index in [-0.39, 0.29) is 17.7 Å². The van der Waals surface area contributed by atoms with Crippen LogP contribution in [0.2, 0.25) is 0 Å². The molecule has 3 aromatic carbocycles. The highest BCUT2D eigenvalue weighted by molar-refractivity contribution is 6.07. The second-order valence-corrected chi connectivity index (χ2v) is 11.7. The molecule has 0 atom stereocenters. The fourth-order valence-corrected chi connectivity index (χ4v) is 6.12. The number of nitrogens with zero attached hydrogens (tertiary/aromatic N) is 3. The van der Waals surface area contributed by atoms with Crippen LogP contribution in [0.1, 0.15) is 56.1 Å². The highest BCUT2D eigenvalue weighted by Gasteiger charge is 2.41. The Hall–Kier alpha value is -4.47. The fraction of sp³-hybridized carbons (Fsp3) is 0.343. The van der Waals surface area contributed by atoms with Crippen molar-refractivity contribution in [3.63, 3.8) is 0 Å². The van der Waals surface area contributed by atoms with Crippen molar-refractivity contribution in [2.24, 2.45) is 5.92 Å². The Labute approximate surface area is 258 Å². The first-order valence-electron chi connectivity index (χ1n) is 15.1. The molecule has 0 unspecified atom stereocenters. The smallest absolute Gasteiger partial charge is 0.261 e. The summed E-state index contributed by atoms with van der Waals surface area (Å²) in [6, 6.07) is 25.2. The number of likely N-dealkylation sites (N-methyl/N-ethyl adjacent to an activating group) is 1. The van der Waals surface area contributed by atoms with Crippen molar-refractivity contribution in [1.82, 2.24) is 15.4 Å². The van der Waals surface area contributed by atoms with Crippen LogP contribution in [0.5, 0.6) is 0 Å². The molecular formula is C35H41N5O4. The van der Waals surface area contributed by atoms with Crippen LogP contribution in [0.15, 0.2) is 83.4 Å². The predicted molar refractivity (Wildman–Crippen MR) is 172 cm³/mol. The van der Waals surface area contributed by atoms with Gasteiger partial charge < -0.3 is 30.1 Å². The molecule has 1 aliphatic rings. The van der Waals surface area contributed by atoms with Crippen molar-refractivity contribution in [2.75, 3.05) is 50.5 Å². The Bertz CT molecular complexity index is 1520. The van der Waals surface area contributed by atoms with Crippen LogP contribution in [0.4, 0.5) is 11.4 Å². The van der Waals surface area contributed by atoms with E-state index in [1.165, 1.54) is 0 Å². The van der Waals surface area contributed by atoms with Crippen molar-refractivity contribution in [3.8, 4) is 0 Å². The van der Waals surface area contributed by atoms with Gasteiger partial charge in [-0.3, -0.25) is 9.59 Å². The summed E-state index contributed by atoms with van der Waals surface area (Å²) in [5, 5.41) is 22.1. The number of carbonyl (C=O) groups is 2. The van der Waals surface area contributed by atoms with Crippen molar-refractivity contribution in [3.05, 3.63) is 113 Å². The van der Waals surface area contributed by atoms with Gasteiger partial charge in [-0.1, -0.05) is 65.8 Å². The number of benzene rings is 3. The molecule has 9 nitrogen and oxygen atoms in total. The summed E-state index contributed by atoms with van der Waals surface area (Å²) in [5.74, 6) is -0.126. The van der Waals surface area contributed by atoms with Gasteiger partial charge in [0.1, 0.15) is 16.9 Å². The summed E-state index contributed by atoms with van der Waals surface area (Å²) in [5.41, 5.74) is 3.31. The lowest BCUT2D eigenvalue weighted by Gasteiger charge is -2.43. The van der Waals surface area contributed by atoms with Gasteiger partial charge in [-0.25, -0.2) is 0 Å². The highest BCUT2D eigenvalue weighted by Crippen LogP contribution is 2.43. The molecule has 1 aliphatic heterocycles. The van der Waals surface area contributed by atoms with Gasteiger partial charge in [-0.05, 0) is 76.0 Å². The van der Waals surface area contributed by atoms with Crippen molar-refractivity contribution >= 4 is 23.2 Å². The largest absolute Gasteiger partial charge is 0.380 e. The van der Waals surface area contributed by atoms with E-state index >= 15 is 0 Å². The fourth-order valence-electron chi connectivity index (χ4n) is 6.12. The number of piperidine rings is 1. The van der Waals surface area contributed by atoms with E-state index < -0.39 is 5.60 Å². The van der Waals surface area contributed by atoms with Gasteiger partial charge in [0.2, 0.25) is 0 Å². The number of hydrogen-bond donors (Lipinski definition) is 3. The van der Waals surface area contributed by atoms with Gasteiger partial charge in [-0.15, -0.1) is 0 Å². The van der Waals surface area contributed by atoms with E-state index in [2.05, 4.69) is 20.7 Å². The average Bonchev–Trinajstić information content (AvgIpc) is 3.38. The maximum Gasteiger partial charge on any atom is 0.261 e. The zero-order valence-corrected chi connectivity index (χ0v) is 25.8. The number of anilines is 2. The Morgan fingerprint density at radius 3 is 2.11 bits per heavy atom. The summed E-state index contributed by atoms with van der Waals surface area (Å²) in [7, 11) is 3.91. The molecule has 1 fully saturated rings. The van der Waals surface area contributed by atoms with Crippen LogP contribution in [-0.4, -0.2) is 67.3 Å². The maximum atomic E-state index is 13.5. The molecule has 0 radical (unpaired) electrons. The monoisotopic (exact) mass is 595 g/mol. The SMILES string of the molecule is Cc1noc(C)c1C(=O)Nc1ccc(N2CCC(C(O)(c3ccccc3)c3ccccc3)CC2)c(C(=O)NCCN(C)C)c1. The van der Waals surface area contributed by atoms with Crippen molar-refractivity contribution in [2.45, 2.75) is 32.3 Å². The van der Waals surface area contributed by atoms with Crippen LogP contribution in [-0.2, 0) is 5.60 Å². The summed E-state index contributed by atoms with van der Waals surface area (Å²) < 4.78 is 5.16. The minimum atomic E-state index is -1.13. The normalized spacial score (nSPS) is 14.1. The van der Waals surface area contributed by atoms with Crippen LogP contribution in [0.25, 0.3) is 0 Å². The number of hydrogen-bond acceptors (Lipinski definition) is 7. The van der Waals surface area contributed by atoms with E-state index in [4.69, 9.17) is 4.52 Å². The van der Waals surface area contributed by atoms with E-state index in [1.807, 2.05) is 91.8 Å². The van der Waals surface area contributed by atoms with Crippen molar-refractivity contribution < 1.29 is 19.2 Å². The van der Waals surface area contributed by atoms with Crippen LogP contribution in [0.3, 0.4) is 0 Å². The molecule has 4 aromatic rings. The summed E-state index contributed by atoms with van der Waals surface area (Å²) >= 11 is 0. The zero-order valence-electron chi connectivity index (χ0n) is 25.8. The standard InChI is InChI=1S/C35H41N5O4/c1-24-32(25(2)44-38-24)34(42)37-29-15-16-31(30(23-29)33(41)36-19-22-39(3)4)40-20-17-28(18-21-40)35(43,26-11-7-5-8-12-26)27-13-9-6-10-14-27/h5-16,23,28,43H,17-22H2,1-4H3,(H,36,41)(H,37,42). The zero-order chi connectivity index (χ0) is 31.3. The van der Waals surface area contributed by atoms with Crippen molar-refractivity contribution in [1.29, 1.82) is 0 Å². The molecule has 5 rings (SSSR count). The Balaban J connectivity index is 1.40. The third kappa shape index (κ3) is 6.54. The number of aromatic nitrogens is 1. The number of nitrogens with one attached hydrogen (secondary N) is 2. The van der Waals surface area contributed by atoms with Gasteiger partial charge in [0, 0.05) is 37.6 Å². The molecule has 44 heavy (non-hydrogen) atoms. The summed E-state index contributed by atoms with van der Waals surface area (Å²) in [6.07, 6.45) is 1.46. The Morgan fingerprint density at radius 2 is 1.57 bits per heavy atom. The lowest BCUT2D eigenvalue weighted by molar-refractivity contribution is 0.00504. The molecule has 0 spiro atoms. The maximum absolute atomic E-state index is 13.5. The molecule has 0 bridgehead atoms. The van der Waals surface area contributed by atoms with E-state index in [0.717, 1.165) is 29.7 Å². The first-order valence-corrected chi connectivity index (χ1v) is 15.1. The minimum absolute atomic E-state index is 0.0190. The second-order valence-electron chi connectivity index (χ2n) is 11.7. The number of rotatable bonds is 10. The molecule has 2 heterocycles. The molecule has 1 saturated heterocycles. The van der Waals surface area contributed by atoms with E-state index in [0.29, 0.717) is 54.4 Å². The first kappa shape index (κ1) is 31.0. The minimum Gasteiger partial charge on any atom is -0.380 e. The molecular weight excluding hydrogens is 554 g/mol. The number of aryl methyl sites for hydroxylation is 2. The van der Waals surface area contributed by atoms with Gasteiger partial charge in [0.05, 0.1) is 11.3 Å². The average molecular weight is 596 g/mol. The molecule has 1 aromatic heterocycles. The molecule has 0 saturated carbocycles. The Kier molecular flexibility index (Phi) is 9.46. The number of carbonyl (C=O) groups excluding carboxylic acids is 2. The first-order chi connectivity index (χ1) is 21.2. The quantitative estimate of drug-likeness (QED) is 0.237. The van der Waals surface area contributed by atoms with E-state index in [9.17, 15) is 14.7 Å². The van der Waals surface area contributed by atoms with Crippen LogP contribution in [0, 0.1) is 19.8 Å². The summed E-state index contributed by atoms with van der Waals surface area (Å²) in [6.45, 7) is 5.93. The van der Waals surface area contributed by atoms with Gasteiger partial charge >= 0.3 is 0 Å². The van der Waals surface area contributed by atoms with Gasteiger partial charge in [0.15, 0.2) is 0 Å².